The molecule has 1 amide bonds. The molecular formula is C17H18N4O4S. The number of nitrogens with one attached hydrogen (secondary N) is 1. The van der Waals surface area contributed by atoms with Gasteiger partial charge < -0.3 is 9.84 Å². The minimum atomic E-state index is -1.04. The van der Waals surface area contributed by atoms with Crippen LogP contribution in [-0.4, -0.2) is 45.5 Å². The van der Waals surface area contributed by atoms with E-state index in [0.29, 0.717) is 10.9 Å². The molecule has 0 spiro atoms. The number of hydrogen-bond donors (Lipinski definition) is 2. The summed E-state index contributed by atoms with van der Waals surface area (Å²) in [6, 6.07) is 8.51. The highest BCUT2D eigenvalue weighted by Crippen LogP contribution is 2.13. The summed E-state index contributed by atoms with van der Waals surface area (Å²) in [5.74, 6) is -0.710. The smallest absolute Gasteiger partial charge is 0.341 e. The SMILES string of the molecule is Cc1cc(C)nc(SCC(=O)N/N=C\c2ccc(OCC(=O)O)cc2)n1. The summed E-state index contributed by atoms with van der Waals surface area (Å²) in [6.07, 6.45) is 1.48. The van der Waals surface area contributed by atoms with Crippen LogP contribution in [0, 0.1) is 13.8 Å². The Morgan fingerprint density at radius 2 is 1.88 bits per heavy atom. The Labute approximate surface area is 154 Å². The molecule has 2 aromatic rings. The predicted octanol–water partition coefficient (Wildman–Crippen LogP) is 1.80. The first kappa shape index (κ1) is 19.4. The van der Waals surface area contributed by atoms with Gasteiger partial charge in [0.05, 0.1) is 12.0 Å². The Hall–Kier alpha value is -2.94. The van der Waals surface area contributed by atoms with Crippen molar-refractivity contribution in [2.75, 3.05) is 12.4 Å². The number of carboxylic acid groups (broad SMARTS) is 1. The van der Waals surface area contributed by atoms with Gasteiger partial charge in [0, 0.05) is 11.4 Å². The number of carboxylic acids is 1. The molecule has 0 atom stereocenters. The van der Waals surface area contributed by atoms with Crippen LogP contribution in [-0.2, 0) is 9.59 Å². The third-order valence-electron chi connectivity index (χ3n) is 2.94. The number of hydrazone groups is 1. The molecule has 0 saturated carbocycles. The maximum Gasteiger partial charge on any atom is 0.341 e. The Morgan fingerprint density at radius 3 is 2.50 bits per heavy atom. The average molecular weight is 374 g/mol. The summed E-state index contributed by atoms with van der Waals surface area (Å²) in [4.78, 5) is 30.7. The number of rotatable bonds is 8. The van der Waals surface area contributed by atoms with E-state index in [1.54, 1.807) is 24.3 Å². The van der Waals surface area contributed by atoms with Crippen molar-refractivity contribution in [3.8, 4) is 5.75 Å². The van der Waals surface area contributed by atoms with Gasteiger partial charge in [-0.25, -0.2) is 20.2 Å². The highest BCUT2D eigenvalue weighted by Gasteiger charge is 2.05. The summed E-state index contributed by atoms with van der Waals surface area (Å²) in [5.41, 5.74) is 4.88. The summed E-state index contributed by atoms with van der Waals surface area (Å²) < 4.78 is 5.03. The maximum atomic E-state index is 11.8. The summed E-state index contributed by atoms with van der Waals surface area (Å²) in [5, 5.41) is 13.0. The Balaban J connectivity index is 1.78. The van der Waals surface area contributed by atoms with E-state index in [2.05, 4.69) is 20.5 Å². The largest absolute Gasteiger partial charge is 0.482 e. The molecule has 1 aromatic carbocycles. The van der Waals surface area contributed by atoms with Gasteiger partial charge in [0.15, 0.2) is 11.8 Å². The van der Waals surface area contributed by atoms with E-state index in [-0.39, 0.29) is 11.7 Å². The van der Waals surface area contributed by atoms with Crippen LogP contribution in [0.5, 0.6) is 5.75 Å². The van der Waals surface area contributed by atoms with Crippen LogP contribution in [0.1, 0.15) is 17.0 Å². The minimum Gasteiger partial charge on any atom is -0.482 e. The Morgan fingerprint density at radius 1 is 1.23 bits per heavy atom. The van der Waals surface area contributed by atoms with Crippen LogP contribution >= 0.6 is 11.8 Å². The van der Waals surface area contributed by atoms with Crippen molar-refractivity contribution in [3.05, 3.63) is 47.3 Å². The number of amides is 1. The first-order chi connectivity index (χ1) is 12.4. The highest BCUT2D eigenvalue weighted by molar-refractivity contribution is 7.99. The quantitative estimate of drug-likeness (QED) is 0.313. The van der Waals surface area contributed by atoms with E-state index < -0.39 is 12.6 Å². The van der Waals surface area contributed by atoms with E-state index in [0.717, 1.165) is 17.0 Å². The summed E-state index contributed by atoms with van der Waals surface area (Å²) >= 11 is 1.24. The fourth-order valence-corrected chi connectivity index (χ4v) is 2.64. The number of carbonyl (C=O) groups is 2. The van der Waals surface area contributed by atoms with Gasteiger partial charge in [0.25, 0.3) is 5.91 Å². The molecular weight excluding hydrogens is 356 g/mol. The maximum absolute atomic E-state index is 11.8. The van der Waals surface area contributed by atoms with Gasteiger partial charge in [-0.2, -0.15) is 5.10 Å². The number of carbonyl (C=O) groups excluding carboxylic acids is 1. The molecule has 0 aliphatic carbocycles. The van der Waals surface area contributed by atoms with E-state index in [9.17, 15) is 9.59 Å². The van der Waals surface area contributed by atoms with Gasteiger partial charge in [-0.15, -0.1) is 0 Å². The number of nitrogens with zero attached hydrogens (tertiary/aromatic N) is 3. The van der Waals surface area contributed by atoms with Crippen LogP contribution in [0.15, 0.2) is 40.6 Å². The lowest BCUT2D eigenvalue weighted by atomic mass is 10.2. The molecule has 0 aliphatic rings. The molecule has 136 valence electrons. The van der Waals surface area contributed by atoms with Crippen LogP contribution in [0.3, 0.4) is 0 Å². The van der Waals surface area contributed by atoms with Crippen molar-refractivity contribution in [2.24, 2.45) is 5.10 Å². The van der Waals surface area contributed by atoms with Gasteiger partial charge in [0.2, 0.25) is 0 Å². The second-order valence-corrected chi connectivity index (χ2v) is 6.21. The number of thioether (sulfide) groups is 1. The third kappa shape index (κ3) is 6.89. The van der Waals surface area contributed by atoms with Crippen LogP contribution in [0.4, 0.5) is 0 Å². The van der Waals surface area contributed by atoms with Gasteiger partial charge in [-0.1, -0.05) is 11.8 Å². The molecule has 0 radical (unpaired) electrons. The molecule has 2 rings (SSSR count). The fourth-order valence-electron chi connectivity index (χ4n) is 1.89. The van der Waals surface area contributed by atoms with Crippen molar-refractivity contribution < 1.29 is 19.4 Å². The van der Waals surface area contributed by atoms with Crippen molar-refractivity contribution >= 4 is 29.9 Å². The number of hydrogen-bond acceptors (Lipinski definition) is 7. The number of aliphatic carboxylic acids is 1. The minimum absolute atomic E-state index is 0.155. The number of benzene rings is 1. The molecule has 8 nitrogen and oxygen atoms in total. The first-order valence-corrected chi connectivity index (χ1v) is 8.62. The van der Waals surface area contributed by atoms with E-state index in [1.807, 2.05) is 19.9 Å². The lowest BCUT2D eigenvalue weighted by molar-refractivity contribution is -0.139. The standard InChI is InChI=1S/C17H18N4O4S/c1-11-7-12(2)20-17(19-11)26-10-15(22)21-18-8-13-3-5-14(6-4-13)25-9-16(23)24/h3-8H,9-10H2,1-2H3,(H,21,22)(H,23,24)/b18-8-. The van der Waals surface area contributed by atoms with Crippen molar-refractivity contribution in [1.29, 1.82) is 0 Å². The normalized spacial score (nSPS) is 10.7. The second-order valence-electron chi connectivity index (χ2n) is 5.27. The lowest BCUT2D eigenvalue weighted by Crippen LogP contribution is -2.19. The van der Waals surface area contributed by atoms with E-state index >= 15 is 0 Å². The number of aromatic nitrogens is 2. The molecule has 26 heavy (non-hydrogen) atoms. The first-order valence-electron chi connectivity index (χ1n) is 7.64. The van der Waals surface area contributed by atoms with Crippen LogP contribution in [0.2, 0.25) is 0 Å². The fraction of sp³-hybridized carbons (Fsp3) is 0.235. The Kier molecular flexibility index (Phi) is 7.10. The Bertz CT molecular complexity index is 789. The average Bonchev–Trinajstić information content (AvgIpc) is 2.58. The molecule has 0 fully saturated rings. The zero-order valence-electron chi connectivity index (χ0n) is 14.3. The molecule has 0 unspecified atom stereocenters. The van der Waals surface area contributed by atoms with Gasteiger partial charge in [0.1, 0.15) is 5.75 Å². The number of ether oxygens (including phenoxy) is 1. The van der Waals surface area contributed by atoms with Crippen molar-refractivity contribution in [3.63, 3.8) is 0 Å². The van der Waals surface area contributed by atoms with Gasteiger partial charge in [-0.05, 0) is 49.7 Å². The van der Waals surface area contributed by atoms with Gasteiger partial charge in [-0.3, -0.25) is 4.79 Å². The number of aryl methyl sites for hydroxylation is 2. The molecule has 0 aliphatic heterocycles. The second kappa shape index (κ2) is 9.52. The summed E-state index contributed by atoms with van der Waals surface area (Å²) in [6.45, 7) is 3.35. The van der Waals surface area contributed by atoms with Crippen LogP contribution < -0.4 is 10.2 Å². The zero-order chi connectivity index (χ0) is 18.9. The molecule has 0 bridgehead atoms. The van der Waals surface area contributed by atoms with E-state index in [4.69, 9.17) is 9.84 Å². The molecule has 1 heterocycles. The molecule has 2 N–H and O–H groups in total. The zero-order valence-corrected chi connectivity index (χ0v) is 15.1. The highest BCUT2D eigenvalue weighted by atomic mass is 32.2. The summed E-state index contributed by atoms with van der Waals surface area (Å²) in [7, 11) is 0. The van der Waals surface area contributed by atoms with Gasteiger partial charge >= 0.3 is 5.97 Å². The monoisotopic (exact) mass is 374 g/mol. The molecule has 9 heteroatoms. The predicted molar refractivity (Wildman–Crippen MR) is 97.5 cm³/mol. The molecule has 1 aromatic heterocycles. The third-order valence-corrected chi connectivity index (χ3v) is 3.79. The van der Waals surface area contributed by atoms with Crippen molar-refractivity contribution in [1.82, 2.24) is 15.4 Å². The van der Waals surface area contributed by atoms with E-state index in [1.165, 1.54) is 18.0 Å². The topological polar surface area (TPSA) is 114 Å². The van der Waals surface area contributed by atoms with Crippen LogP contribution in [0.25, 0.3) is 0 Å². The van der Waals surface area contributed by atoms with Crippen molar-refractivity contribution in [2.45, 2.75) is 19.0 Å². The molecule has 0 saturated heterocycles. The lowest BCUT2D eigenvalue weighted by Gasteiger charge is -2.03.